The number of benzene rings is 1. The predicted molar refractivity (Wildman–Crippen MR) is 74.6 cm³/mol. The maximum Gasteiger partial charge on any atom is 0.244 e. The summed E-state index contributed by atoms with van der Waals surface area (Å²) in [7, 11) is 1.63. The lowest BCUT2D eigenvalue weighted by Gasteiger charge is -2.36. The van der Waals surface area contributed by atoms with Crippen LogP contribution in [0.15, 0.2) is 22.7 Å². The number of hydrogen-bond acceptors (Lipinski definition) is 4. The van der Waals surface area contributed by atoms with Gasteiger partial charge in [-0.15, -0.1) is 0 Å². The number of nitrogens with one attached hydrogen (secondary N) is 1. The second-order valence-corrected chi connectivity index (χ2v) is 4.96. The number of ether oxygens (including phenoxy) is 1. The van der Waals surface area contributed by atoms with E-state index in [1.165, 1.54) is 0 Å². The van der Waals surface area contributed by atoms with Crippen molar-refractivity contribution < 1.29 is 9.53 Å². The molecule has 1 fully saturated rings. The molecule has 1 aliphatic heterocycles. The van der Waals surface area contributed by atoms with E-state index in [1.807, 2.05) is 23.1 Å². The van der Waals surface area contributed by atoms with Gasteiger partial charge in [0, 0.05) is 23.8 Å². The molecule has 1 aliphatic rings. The number of morpholine rings is 1. The second kappa shape index (κ2) is 5.58. The molecule has 1 aromatic carbocycles. The minimum absolute atomic E-state index is 0.0431. The van der Waals surface area contributed by atoms with Gasteiger partial charge in [0.1, 0.15) is 6.04 Å². The van der Waals surface area contributed by atoms with Gasteiger partial charge in [-0.2, -0.15) is 0 Å². The summed E-state index contributed by atoms with van der Waals surface area (Å²) in [5, 5.41) is 2.66. The number of rotatable bonds is 2. The first-order valence-corrected chi connectivity index (χ1v) is 6.54. The van der Waals surface area contributed by atoms with Gasteiger partial charge in [0.25, 0.3) is 0 Å². The molecule has 0 aromatic heterocycles. The normalized spacial score (nSPS) is 19.7. The number of amides is 1. The fourth-order valence-corrected chi connectivity index (χ4v) is 2.66. The topological polar surface area (TPSA) is 67.6 Å². The van der Waals surface area contributed by atoms with Gasteiger partial charge in [-0.05, 0) is 34.1 Å². The van der Waals surface area contributed by atoms with Crippen LogP contribution in [0.3, 0.4) is 0 Å². The van der Waals surface area contributed by atoms with E-state index in [0.29, 0.717) is 25.4 Å². The van der Waals surface area contributed by atoms with E-state index in [-0.39, 0.29) is 11.9 Å². The minimum atomic E-state index is -0.302. The molecule has 1 saturated heterocycles. The summed E-state index contributed by atoms with van der Waals surface area (Å²) in [5.74, 6) is -0.0431. The highest BCUT2D eigenvalue weighted by atomic mass is 79.9. The Hall–Kier alpha value is -1.27. The van der Waals surface area contributed by atoms with Gasteiger partial charge in [-0.3, -0.25) is 4.79 Å². The molecule has 1 atom stereocenters. The minimum Gasteiger partial charge on any atom is -0.399 e. The fourth-order valence-electron chi connectivity index (χ4n) is 2.03. The number of carbonyl (C=O) groups is 1. The van der Waals surface area contributed by atoms with Crippen LogP contribution in [0.1, 0.15) is 0 Å². The standard InChI is InChI=1S/C12H16BrN3O2/c1-15-12(17)11-7-18-5-4-16(11)10-3-2-8(14)6-9(10)13/h2-3,6,11H,4-5,7,14H2,1H3,(H,15,17). The highest BCUT2D eigenvalue weighted by Crippen LogP contribution is 2.30. The number of nitrogens with zero attached hydrogens (tertiary/aromatic N) is 1. The van der Waals surface area contributed by atoms with Crippen LogP contribution in [0.4, 0.5) is 11.4 Å². The van der Waals surface area contributed by atoms with Gasteiger partial charge in [0.2, 0.25) is 5.91 Å². The van der Waals surface area contributed by atoms with Crippen LogP contribution in [0, 0.1) is 0 Å². The molecule has 1 heterocycles. The van der Waals surface area contributed by atoms with E-state index in [4.69, 9.17) is 10.5 Å². The number of anilines is 2. The summed E-state index contributed by atoms with van der Waals surface area (Å²) < 4.78 is 6.27. The van der Waals surface area contributed by atoms with Crippen LogP contribution < -0.4 is 16.0 Å². The quantitative estimate of drug-likeness (QED) is 0.799. The first kappa shape index (κ1) is 13.2. The zero-order chi connectivity index (χ0) is 13.1. The molecule has 1 aromatic rings. The highest BCUT2D eigenvalue weighted by molar-refractivity contribution is 9.10. The Labute approximate surface area is 114 Å². The van der Waals surface area contributed by atoms with Crippen molar-refractivity contribution in [2.75, 3.05) is 37.4 Å². The average molecular weight is 314 g/mol. The predicted octanol–water partition coefficient (Wildman–Crippen LogP) is 0.983. The zero-order valence-corrected chi connectivity index (χ0v) is 11.7. The number of nitrogens with two attached hydrogens (primary N) is 1. The molecule has 0 saturated carbocycles. The van der Waals surface area contributed by atoms with Crippen molar-refractivity contribution in [2.24, 2.45) is 0 Å². The molecule has 2 rings (SSSR count). The van der Waals surface area contributed by atoms with Crippen molar-refractivity contribution >= 4 is 33.2 Å². The van der Waals surface area contributed by atoms with Crippen LogP contribution >= 0.6 is 15.9 Å². The summed E-state index contributed by atoms with van der Waals surface area (Å²) >= 11 is 3.49. The number of carbonyl (C=O) groups excluding carboxylic acids is 1. The molecule has 0 spiro atoms. The smallest absolute Gasteiger partial charge is 0.244 e. The lowest BCUT2D eigenvalue weighted by Crippen LogP contribution is -2.53. The summed E-state index contributed by atoms with van der Waals surface area (Å²) in [4.78, 5) is 13.9. The third kappa shape index (κ3) is 2.59. The molecular formula is C12H16BrN3O2. The largest absolute Gasteiger partial charge is 0.399 e. The Morgan fingerprint density at radius 2 is 2.39 bits per heavy atom. The van der Waals surface area contributed by atoms with E-state index < -0.39 is 0 Å². The Balaban J connectivity index is 2.30. The number of likely N-dealkylation sites (N-methyl/N-ethyl adjacent to an activating group) is 1. The highest BCUT2D eigenvalue weighted by Gasteiger charge is 2.29. The number of nitrogen functional groups attached to an aromatic ring is 1. The van der Waals surface area contributed by atoms with Crippen LogP contribution in [-0.2, 0) is 9.53 Å². The Kier molecular flexibility index (Phi) is 4.08. The van der Waals surface area contributed by atoms with Crippen molar-refractivity contribution in [3.63, 3.8) is 0 Å². The lowest BCUT2D eigenvalue weighted by molar-refractivity contribution is -0.124. The van der Waals surface area contributed by atoms with Crippen molar-refractivity contribution in [1.29, 1.82) is 0 Å². The van der Waals surface area contributed by atoms with Crippen LogP contribution in [-0.4, -0.2) is 38.8 Å². The van der Waals surface area contributed by atoms with Crippen molar-refractivity contribution in [1.82, 2.24) is 5.32 Å². The Morgan fingerprint density at radius 3 is 3.06 bits per heavy atom. The maximum atomic E-state index is 11.9. The second-order valence-electron chi connectivity index (χ2n) is 4.11. The third-order valence-electron chi connectivity index (χ3n) is 2.96. The monoisotopic (exact) mass is 313 g/mol. The van der Waals surface area contributed by atoms with Gasteiger partial charge in [0.15, 0.2) is 0 Å². The van der Waals surface area contributed by atoms with E-state index in [9.17, 15) is 4.79 Å². The summed E-state index contributed by atoms with van der Waals surface area (Å²) in [6.07, 6.45) is 0. The average Bonchev–Trinajstić information content (AvgIpc) is 2.38. The van der Waals surface area contributed by atoms with Crippen molar-refractivity contribution in [3.8, 4) is 0 Å². The zero-order valence-electron chi connectivity index (χ0n) is 10.1. The number of halogens is 1. The van der Waals surface area contributed by atoms with Gasteiger partial charge in [-0.25, -0.2) is 0 Å². The summed E-state index contributed by atoms with van der Waals surface area (Å²) in [5.41, 5.74) is 7.37. The SMILES string of the molecule is CNC(=O)C1COCCN1c1ccc(N)cc1Br. The molecule has 0 radical (unpaired) electrons. The molecule has 0 bridgehead atoms. The molecule has 1 amide bonds. The third-order valence-corrected chi connectivity index (χ3v) is 3.59. The molecule has 0 aliphatic carbocycles. The van der Waals surface area contributed by atoms with E-state index in [1.54, 1.807) is 7.05 Å². The number of hydrogen-bond donors (Lipinski definition) is 2. The van der Waals surface area contributed by atoms with E-state index in [0.717, 1.165) is 10.2 Å². The van der Waals surface area contributed by atoms with Crippen LogP contribution in [0.25, 0.3) is 0 Å². The van der Waals surface area contributed by atoms with Crippen LogP contribution in [0.5, 0.6) is 0 Å². The van der Waals surface area contributed by atoms with Gasteiger partial charge in [0.05, 0.1) is 18.9 Å². The first-order valence-electron chi connectivity index (χ1n) is 5.74. The Bertz CT molecular complexity index is 453. The molecule has 3 N–H and O–H groups in total. The van der Waals surface area contributed by atoms with Crippen LogP contribution in [0.2, 0.25) is 0 Å². The van der Waals surface area contributed by atoms with Gasteiger partial charge >= 0.3 is 0 Å². The van der Waals surface area contributed by atoms with E-state index in [2.05, 4.69) is 21.2 Å². The van der Waals surface area contributed by atoms with Crippen molar-refractivity contribution in [2.45, 2.75) is 6.04 Å². The first-order chi connectivity index (χ1) is 8.63. The van der Waals surface area contributed by atoms with E-state index >= 15 is 0 Å². The molecule has 6 heteroatoms. The summed E-state index contributed by atoms with van der Waals surface area (Å²) in [6, 6.07) is 5.28. The van der Waals surface area contributed by atoms with Crippen molar-refractivity contribution in [3.05, 3.63) is 22.7 Å². The van der Waals surface area contributed by atoms with Gasteiger partial charge < -0.3 is 20.7 Å². The molecule has 98 valence electrons. The molecule has 18 heavy (non-hydrogen) atoms. The van der Waals surface area contributed by atoms with Gasteiger partial charge in [-0.1, -0.05) is 0 Å². The molecule has 1 unspecified atom stereocenters. The maximum absolute atomic E-state index is 11.9. The Morgan fingerprint density at radius 1 is 1.61 bits per heavy atom. The fraction of sp³-hybridized carbons (Fsp3) is 0.417. The molecular weight excluding hydrogens is 298 g/mol. The lowest BCUT2D eigenvalue weighted by atomic mass is 10.1. The molecule has 5 nitrogen and oxygen atoms in total. The summed E-state index contributed by atoms with van der Waals surface area (Å²) in [6.45, 7) is 1.70.